The Bertz CT molecular complexity index is 534. The van der Waals surface area contributed by atoms with Crippen LogP contribution in [0.4, 0.5) is 0 Å². The SMILES string of the molecule is CC(C)N(C)S(=O)(=O)c1cnn(CCCNC2CC2)c1. The van der Waals surface area contributed by atoms with Gasteiger partial charge in [0, 0.05) is 31.9 Å². The van der Waals surface area contributed by atoms with E-state index in [1.54, 1.807) is 17.9 Å². The summed E-state index contributed by atoms with van der Waals surface area (Å²) in [6, 6.07) is 0.648. The monoisotopic (exact) mass is 300 g/mol. The summed E-state index contributed by atoms with van der Waals surface area (Å²) in [6.07, 6.45) is 6.57. The minimum atomic E-state index is -3.42. The van der Waals surface area contributed by atoms with Crippen molar-refractivity contribution in [2.45, 2.75) is 56.6 Å². The van der Waals surface area contributed by atoms with Gasteiger partial charge in [-0.1, -0.05) is 0 Å². The highest BCUT2D eigenvalue weighted by Gasteiger charge is 2.24. The van der Waals surface area contributed by atoms with Crippen molar-refractivity contribution in [1.82, 2.24) is 19.4 Å². The van der Waals surface area contributed by atoms with Gasteiger partial charge in [-0.3, -0.25) is 4.68 Å². The van der Waals surface area contributed by atoms with Crippen LogP contribution >= 0.6 is 0 Å². The maximum absolute atomic E-state index is 12.3. The molecule has 0 saturated heterocycles. The highest BCUT2D eigenvalue weighted by Crippen LogP contribution is 2.18. The van der Waals surface area contributed by atoms with Crippen LogP contribution in [0.1, 0.15) is 33.1 Å². The molecular weight excluding hydrogens is 276 g/mol. The molecule has 1 saturated carbocycles. The molecule has 0 bridgehead atoms. The highest BCUT2D eigenvalue weighted by molar-refractivity contribution is 7.89. The van der Waals surface area contributed by atoms with Crippen LogP contribution in [0.15, 0.2) is 17.3 Å². The normalized spacial score (nSPS) is 16.2. The topological polar surface area (TPSA) is 67.2 Å². The predicted octanol–water partition coefficient (Wildman–Crippen LogP) is 1.05. The van der Waals surface area contributed by atoms with Gasteiger partial charge in [0.15, 0.2) is 0 Å². The Hall–Kier alpha value is -0.920. The van der Waals surface area contributed by atoms with Crippen LogP contribution in [0, 0.1) is 0 Å². The van der Waals surface area contributed by atoms with Crippen molar-refractivity contribution in [3.63, 3.8) is 0 Å². The van der Waals surface area contributed by atoms with Crippen molar-refractivity contribution in [3.05, 3.63) is 12.4 Å². The maximum Gasteiger partial charge on any atom is 0.246 e. The number of nitrogens with one attached hydrogen (secondary N) is 1. The zero-order valence-corrected chi connectivity index (χ0v) is 13.2. The Kier molecular flexibility index (Phi) is 4.82. The van der Waals surface area contributed by atoms with E-state index in [1.807, 2.05) is 13.8 Å². The maximum atomic E-state index is 12.3. The molecule has 2 rings (SSSR count). The summed E-state index contributed by atoms with van der Waals surface area (Å²) in [5.74, 6) is 0. The molecule has 1 heterocycles. The second-order valence-corrected chi connectivity index (χ2v) is 7.63. The van der Waals surface area contributed by atoms with Crippen LogP contribution in [0.3, 0.4) is 0 Å². The fourth-order valence-corrected chi connectivity index (χ4v) is 3.20. The van der Waals surface area contributed by atoms with Gasteiger partial charge >= 0.3 is 0 Å². The minimum Gasteiger partial charge on any atom is -0.314 e. The van der Waals surface area contributed by atoms with E-state index >= 15 is 0 Å². The third-order valence-corrected chi connectivity index (χ3v) is 5.57. The standard InChI is InChI=1S/C13H24N4O2S/c1-11(2)16(3)20(18,19)13-9-15-17(10-13)8-4-7-14-12-5-6-12/h9-12,14H,4-8H2,1-3H3. The molecule has 114 valence electrons. The van der Waals surface area contributed by atoms with E-state index in [0.29, 0.717) is 6.04 Å². The zero-order chi connectivity index (χ0) is 14.8. The molecule has 0 aromatic carbocycles. The Labute approximate surface area is 121 Å². The zero-order valence-electron chi connectivity index (χ0n) is 12.4. The van der Waals surface area contributed by atoms with Gasteiger partial charge < -0.3 is 5.32 Å². The molecule has 1 aliphatic rings. The van der Waals surface area contributed by atoms with Crippen LogP contribution in [0.2, 0.25) is 0 Å². The molecule has 0 unspecified atom stereocenters. The number of rotatable bonds is 8. The van der Waals surface area contributed by atoms with Crippen molar-refractivity contribution in [1.29, 1.82) is 0 Å². The van der Waals surface area contributed by atoms with Gasteiger partial charge in [0.1, 0.15) is 4.90 Å². The van der Waals surface area contributed by atoms with Gasteiger partial charge in [-0.05, 0) is 39.7 Å². The molecule has 0 amide bonds. The van der Waals surface area contributed by atoms with Gasteiger partial charge in [0.05, 0.1) is 6.20 Å². The molecule has 1 aliphatic carbocycles. The van der Waals surface area contributed by atoms with E-state index in [4.69, 9.17) is 0 Å². The van der Waals surface area contributed by atoms with E-state index in [9.17, 15) is 8.42 Å². The fourth-order valence-electron chi connectivity index (χ4n) is 1.88. The van der Waals surface area contributed by atoms with Gasteiger partial charge in [-0.15, -0.1) is 0 Å². The molecule has 1 fully saturated rings. The number of aryl methyl sites for hydroxylation is 1. The third-order valence-electron chi connectivity index (χ3n) is 3.59. The Balaban J connectivity index is 1.90. The summed E-state index contributed by atoms with van der Waals surface area (Å²) < 4.78 is 27.6. The largest absolute Gasteiger partial charge is 0.314 e. The Morgan fingerprint density at radius 2 is 2.20 bits per heavy atom. The van der Waals surface area contributed by atoms with Crippen LogP contribution < -0.4 is 5.32 Å². The summed E-state index contributed by atoms with van der Waals surface area (Å²) in [4.78, 5) is 0.267. The van der Waals surface area contributed by atoms with Crippen molar-refractivity contribution in [2.75, 3.05) is 13.6 Å². The highest BCUT2D eigenvalue weighted by atomic mass is 32.2. The smallest absolute Gasteiger partial charge is 0.246 e. The summed E-state index contributed by atoms with van der Waals surface area (Å²) in [5, 5.41) is 7.57. The van der Waals surface area contributed by atoms with E-state index in [-0.39, 0.29) is 10.9 Å². The lowest BCUT2D eigenvalue weighted by atomic mass is 10.4. The first-order valence-electron chi connectivity index (χ1n) is 7.15. The summed E-state index contributed by atoms with van der Waals surface area (Å²) in [5.41, 5.74) is 0. The van der Waals surface area contributed by atoms with E-state index < -0.39 is 10.0 Å². The van der Waals surface area contributed by atoms with Crippen molar-refractivity contribution >= 4 is 10.0 Å². The van der Waals surface area contributed by atoms with Gasteiger partial charge in [0.2, 0.25) is 10.0 Å². The first-order valence-corrected chi connectivity index (χ1v) is 8.59. The van der Waals surface area contributed by atoms with Crippen LogP contribution in [-0.4, -0.2) is 48.2 Å². The molecule has 0 atom stereocenters. The van der Waals surface area contributed by atoms with Crippen LogP contribution in [0.5, 0.6) is 0 Å². The molecule has 7 heteroatoms. The lowest BCUT2D eigenvalue weighted by Gasteiger charge is -2.19. The van der Waals surface area contributed by atoms with Gasteiger partial charge in [-0.25, -0.2) is 8.42 Å². The number of nitrogens with zero attached hydrogens (tertiary/aromatic N) is 3. The first-order chi connectivity index (χ1) is 9.41. The van der Waals surface area contributed by atoms with Crippen LogP contribution in [0.25, 0.3) is 0 Å². The lowest BCUT2D eigenvalue weighted by Crippen LogP contribution is -2.32. The first kappa shape index (κ1) is 15.5. The van der Waals surface area contributed by atoms with Crippen molar-refractivity contribution in [3.8, 4) is 0 Å². The predicted molar refractivity (Wildman–Crippen MR) is 78.0 cm³/mol. The van der Waals surface area contributed by atoms with Crippen molar-refractivity contribution < 1.29 is 8.42 Å². The summed E-state index contributed by atoms with van der Waals surface area (Å²) in [6.45, 7) is 5.40. The average Bonchev–Trinajstić information content (AvgIpc) is 3.09. The molecule has 1 aromatic heterocycles. The third kappa shape index (κ3) is 3.80. The quantitative estimate of drug-likeness (QED) is 0.729. The van der Waals surface area contributed by atoms with Crippen LogP contribution in [-0.2, 0) is 16.6 Å². The number of sulfonamides is 1. The molecule has 0 spiro atoms. The molecule has 6 nitrogen and oxygen atoms in total. The average molecular weight is 300 g/mol. The summed E-state index contributed by atoms with van der Waals surface area (Å²) >= 11 is 0. The second-order valence-electron chi connectivity index (χ2n) is 5.64. The van der Waals surface area contributed by atoms with Gasteiger partial charge in [-0.2, -0.15) is 9.40 Å². The number of hydrogen-bond acceptors (Lipinski definition) is 4. The molecule has 1 aromatic rings. The molecule has 0 aliphatic heterocycles. The van der Waals surface area contributed by atoms with Crippen molar-refractivity contribution in [2.24, 2.45) is 0 Å². The Morgan fingerprint density at radius 1 is 1.50 bits per heavy atom. The van der Waals surface area contributed by atoms with Gasteiger partial charge in [0.25, 0.3) is 0 Å². The summed E-state index contributed by atoms with van der Waals surface area (Å²) in [7, 11) is -1.82. The Morgan fingerprint density at radius 3 is 2.80 bits per heavy atom. The second kappa shape index (κ2) is 6.24. The molecular formula is C13H24N4O2S. The number of hydrogen-bond donors (Lipinski definition) is 1. The molecule has 0 radical (unpaired) electrons. The fraction of sp³-hybridized carbons (Fsp3) is 0.769. The van der Waals surface area contributed by atoms with E-state index in [2.05, 4.69) is 10.4 Å². The minimum absolute atomic E-state index is 0.0638. The molecule has 20 heavy (non-hydrogen) atoms. The lowest BCUT2D eigenvalue weighted by molar-refractivity contribution is 0.410. The number of aromatic nitrogens is 2. The van der Waals surface area contributed by atoms with E-state index in [1.165, 1.54) is 23.3 Å². The van der Waals surface area contributed by atoms with E-state index in [0.717, 1.165) is 19.5 Å². The molecule has 1 N–H and O–H groups in total.